The van der Waals surface area contributed by atoms with E-state index in [2.05, 4.69) is 15.3 Å². The molecule has 12 heteroatoms. The Kier molecular flexibility index (Phi) is 9.06. The summed E-state index contributed by atoms with van der Waals surface area (Å²) in [5, 5.41) is 12.2. The monoisotopic (exact) mass is 444 g/mol. The Bertz CT molecular complexity index is 915. The number of benzene rings is 1. The van der Waals surface area contributed by atoms with Crippen molar-refractivity contribution in [3.8, 4) is 6.07 Å². The molecule has 0 aliphatic rings. The Morgan fingerprint density at radius 2 is 1.86 bits per heavy atom. The second-order valence-corrected chi connectivity index (χ2v) is 6.78. The van der Waals surface area contributed by atoms with Crippen LogP contribution in [0.4, 0.5) is 30.5 Å². The molecule has 2 rings (SSSR count). The lowest BCUT2D eigenvalue weighted by Crippen LogP contribution is -2.16. The summed E-state index contributed by atoms with van der Waals surface area (Å²) in [7, 11) is 0. The Hall–Kier alpha value is -2.65. The van der Waals surface area contributed by atoms with Crippen LogP contribution in [0.3, 0.4) is 0 Å². The summed E-state index contributed by atoms with van der Waals surface area (Å²) in [4.78, 5) is 20.0. The van der Waals surface area contributed by atoms with Gasteiger partial charge in [0.2, 0.25) is 11.9 Å². The number of rotatable bonds is 5. The summed E-state index contributed by atoms with van der Waals surface area (Å²) in [5.74, 6) is -0.879. The van der Waals surface area contributed by atoms with Crippen molar-refractivity contribution in [3.05, 3.63) is 29.3 Å². The number of alkyl halides is 3. The van der Waals surface area contributed by atoms with E-state index in [4.69, 9.17) is 11.5 Å². The highest BCUT2D eigenvalue weighted by Gasteiger charge is 2.31. The van der Waals surface area contributed by atoms with Gasteiger partial charge in [-0.25, -0.2) is 9.97 Å². The first kappa shape index (κ1) is 24.4. The molecule has 0 atom stereocenters. The predicted octanol–water partition coefficient (Wildman–Crippen LogP) is 4.01. The molecule has 1 aromatic carbocycles. The average molecular weight is 445 g/mol. The van der Waals surface area contributed by atoms with Crippen molar-refractivity contribution in [2.75, 3.05) is 28.8 Å². The summed E-state index contributed by atoms with van der Waals surface area (Å²) in [6.07, 6.45) is -2.85. The van der Waals surface area contributed by atoms with Crippen LogP contribution < -0.4 is 16.8 Å². The molecule has 1 heterocycles. The van der Waals surface area contributed by atoms with E-state index in [1.807, 2.05) is 19.9 Å². The fourth-order valence-electron chi connectivity index (χ4n) is 1.95. The molecule has 0 saturated heterocycles. The molecule has 0 saturated carbocycles. The predicted molar refractivity (Wildman–Crippen MR) is 109 cm³/mol. The van der Waals surface area contributed by atoms with Crippen LogP contribution in [0.1, 0.15) is 25.0 Å². The van der Waals surface area contributed by atoms with E-state index in [0.717, 1.165) is 30.0 Å². The number of nitrogen functional groups attached to an aromatic ring is 2. The maximum Gasteiger partial charge on any atom is 0.416 e. The second-order valence-electron chi connectivity index (χ2n) is 5.02. The number of nitriles is 1. The molecule has 0 bridgehead atoms. The van der Waals surface area contributed by atoms with Gasteiger partial charge in [0, 0.05) is 0 Å². The minimum atomic E-state index is -4.56. The number of anilines is 3. The first-order valence-corrected chi connectivity index (χ1v) is 10.4. The van der Waals surface area contributed by atoms with Crippen molar-refractivity contribution in [3.63, 3.8) is 0 Å². The highest BCUT2D eigenvalue weighted by atomic mass is 32.2. The number of thioether (sulfide) groups is 2. The van der Waals surface area contributed by atoms with Gasteiger partial charge < -0.3 is 16.8 Å². The van der Waals surface area contributed by atoms with Gasteiger partial charge in [0.15, 0.2) is 0 Å². The third-order valence-corrected chi connectivity index (χ3v) is 4.82. The number of halogens is 3. The van der Waals surface area contributed by atoms with Gasteiger partial charge in [0.05, 0.1) is 22.7 Å². The fraction of sp³-hybridized carbons (Fsp3) is 0.294. The number of nitrogens with zero attached hydrogens (tertiary/aromatic N) is 3. The van der Waals surface area contributed by atoms with Gasteiger partial charge in [0.25, 0.3) is 0 Å². The van der Waals surface area contributed by atoms with Crippen LogP contribution in [0.25, 0.3) is 0 Å². The lowest BCUT2D eigenvalue weighted by atomic mass is 10.1. The smallest absolute Gasteiger partial charge is 0.397 e. The fourth-order valence-corrected chi connectivity index (χ4v) is 3.33. The molecule has 156 valence electrons. The van der Waals surface area contributed by atoms with Crippen LogP contribution in [0, 0.1) is 11.3 Å². The minimum absolute atomic E-state index is 0.00462. The number of nitrogens with one attached hydrogen (secondary N) is 1. The maximum atomic E-state index is 12.8. The van der Waals surface area contributed by atoms with Crippen LogP contribution in [0.2, 0.25) is 0 Å². The minimum Gasteiger partial charge on any atom is -0.397 e. The van der Waals surface area contributed by atoms with Gasteiger partial charge in [-0.1, -0.05) is 25.6 Å². The number of hydrogen-bond donors (Lipinski definition) is 3. The Morgan fingerprint density at radius 3 is 2.41 bits per heavy atom. The lowest BCUT2D eigenvalue weighted by molar-refractivity contribution is -0.137. The van der Waals surface area contributed by atoms with Crippen LogP contribution in [0.5, 0.6) is 0 Å². The van der Waals surface area contributed by atoms with Crippen LogP contribution in [-0.2, 0) is 11.0 Å². The molecule has 0 aliphatic carbocycles. The second kappa shape index (κ2) is 10.8. The molecular weight excluding hydrogens is 425 g/mol. The van der Waals surface area contributed by atoms with E-state index in [1.165, 1.54) is 11.8 Å². The van der Waals surface area contributed by atoms with Crippen LogP contribution >= 0.6 is 23.5 Å². The number of carbonyl (C=O) groups excluding carboxylic acids is 1. The quantitative estimate of drug-likeness (QED) is 0.358. The third kappa shape index (κ3) is 6.72. The standard InChI is InChI=1S/C15H13F3N6OS2.C2H6/c1-26-12-8(5-19)13(24-14(21)23-12)27-6-11(25)22-10-4-7(15(16,17)18)2-3-9(10)20;1-2/h2-4H,6,20H2,1H3,(H,22,25)(H2,21,23,24);1-2H3. The third-order valence-electron chi connectivity index (χ3n) is 3.16. The molecular formula is C17H19F3N6OS2. The van der Waals surface area contributed by atoms with Gasteiger partial charge in [-0.2, -0.15) is 18.4 Å². The summed E-state index contributed by atoms with van der Waals surface area (Å²) < 4.78 is 38.3. The molecule has 0 unspecified atom stereocenters. The summed E-state index contributed by atoms with van der Waals surface area (Å²) in [6.45, 7) is 4.00. The van der Waals surface area contributed by atoms with Crippen LogP contribution in [0.15, 0.2) is 28.3 Å². The molecule has 2 aromatic rings. The number of nitrogens with two attached hydrogens (primary N) is 2. The van der Waals surface area contributed by atoms with Gasteiger partial charge in [-0.15, -0.1) is 11.8 Å². The molecule has 7 nitrogen and oxygen atoms in total. The SMILES string of the molecule is CC.CSc1nc(N)nc(SCC(=O)Nc2cc(C(F)(F)F)ccc2N)c1C#N. The number of amides is 1. The highest BCUT2D eigenvalue weighted by molar-refractivity contribution is 8.00. The van der Waals surface area contributed by atoms with Gasteiger partial charge in [0.1, 0.15) is 21.7 Å². The van der Waals surface area contributed by atoms with Gasteiger partial charge in [-0.3, -0.25) is 4.79 Å². The molecule has 29 heavy (non-hydrogen) atoms. The zero-order chi connectivity index (χ0) is 22.2. The van der Waals surface area contributed by atoms with E-state index < -0.39 is 17.6 Å². The molecule has 5 N–H and O–H groups in total. The lowest BCUT2D eigenvalue weighted by Gasteiger charge is -2.12. The van der Waals surface area contributed by atoms with Crippen molar-refractivity contribution < 1.29 is 18.0 Å². The van der Waals surface area contributed by atoms with E-state index >= 15 is 0 Å². The average Bonchev–Trinajstić information content (AvgIpc) is 2.68. The topological polar surface area (TPSA) is 131 Å². The van der Waals surface area contributed by atoms with Crippen molar-refractivity contribution in [2.24, 2.45) is 0 Å². The van der Waals surface area contributed by atoms with Crippen molar-refractivity contribution in [2.45, 2.75) is 30.1 Å². The zero-order valence-electron chi connectivity index (χ0n) is 15.8. The molecule has 0 spiro atoms. The zero-order valence-corrected chi connectivity index (χ0v) is 17.4. The Labute approximate surface area is 174 Å². The number of hydrogen-bond acceptors (Lipinski definition) is 8. The number of aromatic nitrogens is 2. The first-order chi connectivity index (χ1) is 13.7. The van der Waals surface area contributed by atoms with E-state index in [1.54, 1.807) is 6.26 Å². The molecule has 0 fully saturated rings. The van der Waals surface area contributed by atoms with E-state index in [9.17, 15) is 23.2 Å². The molecule has 1 amide bonds. The Morgan fingerprint density at radius 1 is 1.24 bits per heavy atom. The summed E-state index contributed by atoms with van der Waals surface area (Å²) in [5.41, 5.74) is 10.3. The van der Waals surface area contributed by atoms with E-state index in [0.29, 0.717) is 5.03 Å². The highest BCUT2D eigenvalue weighted by Crippen LogP contribution is 2.33. The van der Waals surface area contributed by atoms with Gasteiger partial charge in [-0.05, 0) is 24.5 Å². The van der Waals surface area contributed by atoms with Crippen molar-refractivity contribution >= 4 is 46.8 Å². The van der Waals surface area contributed by atoms with Crippen molar-refractivity contribution in [1.29, 1.82) is 5.26 Å². The van der Waals surface area contributed by atoms with E-state index in [-0.39, 0.29) is 33.7 Å². The van der Waals surface area contributed by atoms with Crippen LogP contribution in [-0.4, -0.2) is 27.9 Å². The maximum absolute atomic E-state index is 12.8. The largest absolute Gasteiger partial charge is 0.416 e. The molecule has 0 radical (unpaired) electrons. The first-order valence-electron chi connectivity index (χ1n) is 8.16. The normalized spacial score (nSPS) is 10.5. The number of carbonyl (C=O) groups is 1. The summed E-state index contributed by atoms with van der Waals surface area (Å²) >= 11 is 2.12. The molecule has 1 aromatic heterocycles. The molecule has 0 aliphatic heterocycles. The van der Waals surface area contributed by atoms with Crippen molar-refractivity contribution in [1.82, 2.24) is 9.97 Å². The summed E-state index contributed by atoms with van der Waals surface area (Å²) in [6, 6.07) is 4.60. The van der Waals surface area contributed by atoms with Gasteiger partial charge >= 0.3 is 6.18 Å². The Balaban J connectivity index is 0.00000204.